The van der Waals surface area contributed by atoms with Gasteiger partial charge in [-0.1, -0.05) is 30.3 Å². The van der Waals surface area contributed by atoms with Gasteiger partial charge in [-0.25, -0.2) is 13.4 Å². The summed E-state index contributed by atoms with van der Waals surface area (Å²) in [6.45, 7) is 0. The average molecular weight is 342 g/mol. The van der Waals surface area contributed by atoms with Crippen molar-refractivity contribution in [3.8, 4) is 0 Å². The molecule has 100 valence electrons. The smallest absolute Gasteiger partial charge is 0.238 e. The third-order valence-electron chi connectivity index (χ3n) is 2.31. The van der Waals surface area contributed by atoms with Crippen molar-refractivity contribution in [2.75, 3.05) is 10.5 Å². The van der Waals surface area contributed by atoms with Crippen LogP contribution in [0, 0.1) is 0 Å². The Morgan fingerprint density at radius 3 is 2.58 bits per heavy atom. The predicted molar refractivity (Wildman–Crippen MR) is 79.0 cm³/mol. The van der Waals surface area contributed by atoms with E-state index in [0.29, 0.717) is 15.7 Å². The van der Waals surface area contributed by atoms with E-state index in [9.17, 15) is 8.42 Å². The number of rotatable bonds is 4. The number of halogens is 1. The van der Waals surface area contributed by atoms with Gasteiger partial charge in [0.1, 0.15) is 0 Å². The van der Waals surface area contributed by atoms with Crippen molar-refractivity contribution >= 4 is 37.5 Å². The van der Waals surface area contributed by atoms with Gasteiger partial charge in [-0.05, 0) is 27.6 Å². The zero-order chi connectivity index (χ0) is 13.9. The second-order valence-electron chi connectivity index (χ2n) is 3.95. The van der Waals surface area contributed by atoms with Crippen molar-refractivity contribution in [3.05, 3.63) is 52.6 Å². The first-order valence-electron chi connectivity index (χ1n) is 5.42. The number of hydrogen-bond donors (Lipinski definition) is 2. The van der Waals surface area contributed by atoms with Crippen molar-refractivity contribution in [3.63, 3.8) is 0 Å². The zero-order valence-electron chi connectivity index (χ0n) is 9.88. The number of nitrogen functional groups attached to an aromatic ring is 1. The second-order valence-corrected chi connectivity index (χ2v) is 6.52. The molecular formula is C12H12BrN3O2S. The molecule has 0 radical (unpaired) electrons. The van der Waals surface area contributed by atoms with E-state index in [0.717, 1.165) is 0 Å². The first-order chi connectivity index (χ1) is 8.96. The summed E-state index contributed by atoms with van der Waals surface area (Å²) in [6, 6.07) is 10.5. The van der Waals surface area contributed by atoms with Crippen LogP contribution in [0.3, 0.4) is 0 Å². The van der Waals surface area contributed by atoms with E-state index < -0.39 is 10.0 Å². The molecule has 2 aromatic rings. The van der Waals surface area contributed by atoms with Crippen LogP contribution in [0.25, 0.3) is 0 Å². The number of nitrogens with zero attached hydrogens (tertiary/aromatic N) is 1. The molecule has 0 spiro atoms. The molecule has 0 aliphatic carbocycles. The Bertz CT molecular complexity index is 675. The van der Waals surface area contributed by atoms with Gasteiger partial charge in [0.2, 0.25) is 10.0 Å². The summed E-state index contributed by atoms with van der Waals surface area (Å²) in [5.74, 6) is 0.122. The molecule has 0 aliphatic rings. The van der Waals surface area contributed by atoms with Crippen LogP contribution in [-0.4, -0.2) is 13.4 Å². The van der Waals surface area contributed by atoms with Gasteiger partial charge in [0, 0.05) is 0 Å². The van der Waals surface area contributed by atoms with E-state index >= 15 is 0 Å². The van der Waals surface area contributed by atoms with Gasteiger partial charge in [-0.3, -0.25) is 4.72 Å². The number of anilines is 2. The molecule has 2 rings (SSSR count). The quantitative estimate of drug-likeness (QED) is 0.893. The van der Waals surface area contributed by atoms with Crippen molar-refractivity contribution in [1.29, 1.82) is 0 Å². The Labute approximate surface area is 120 Å². The molecule has 0 atom stereocenters. The number of nitrogens with one attached hydrogen (secondary N) is 1. The maximum absolute atomic E-state index is 12.0. The Kier molecular flexibility index (Phi) is 4.06. The van der Waals surface area contributed by atoms with Crippen LogP contribution in [0.2, 0.25) is 0 Å². The lowest BCUT2D eigenvalue weighted by atomic mass is 10.2. The lowest BCUT2D eigenvalue weighted by Gasteiger charge is -2.09. The van der Waals surface area contributed by atoms with Crippen LogP contribution < -0.4 is 10.5 Å². The molecule has 0 unspecified atom stereocenters. The molecule has 19 heavy (non-hydrogen) atoms. The maximum atomic E-state index is 12.0. The fraction of sp³-hybridized carbons (Fsp3) is 0.0833. The van der Waals surface area contributed by atoms with Crippen LogP contribution in [-0.2, 0) is 15.8 Å². The first kappa shape index (κ1) is 13.8. The van der Waals surface area contributed by atoms with E-state index in [-0.39, 0.29) is 11.6 Å². The highest BCUT2D eigenvalue weighted by molar-refractivity contribution is 9.10. The lowest BCUT2D eigenvalue weighted by molar-refractivity contribution is 0.600. The topological polar surface area (TPSA) is 85.1 Å². The standard InChI is InChI=1S/C12H12BrN3O2S/c13-11-6-10(14)7-15-12(11)16-19(17,18)8-9-4-2-1-3-5-9/h1-7H,8,14H2,(H,15,16). The molecule has 0 saturated heterocycles. The van der Waals surface area contributed by atoms with Gasteiger partial charge in [0.25, 0.3) is 0 Å². The van der Waals surface area contributed by atoms with E-state index in [2.05, 4.69) is 25.6 Å². The van der Waals surface area contributed by atoms with Crippen molar-refractivity contribution in [2.45, 2.75) is 5.75 Å². The molecule has 0 saturated carbocycles. The first-order valence-corrected chi connectivity index (χ1v) is 7.86. The summed E-state index contributed by atoms with van der Waals surface area (Å²) in [5, 5.41) is 0. The van der Waals surface area contributed by atoms with Gasteiger partial charge in [0.15, 0.2) is 5.82 Å². The fourth-order valence-corrected chi connectivity index (χ4v) is 3.26. The fourth-order valence-electron chi connectivity index (χ4n) is 1.50. The predicted octanol–water partition coefficient (Wildman–Crippen LogP) is 2.37. The highest BCUT2D eigenvalue weighted by atomic mass is 79.9. The highest BCUT2D eigenvalue weighted by Gasteiger charge is 2.14. The summed E-state index contributed by atoms with van der Waals surface area (Å²) < 4.78 is 26.9. The van der Waals surface area contributed by atoms with Crippen molar-refractivity contribution < 1.29 is 8.42 Å². The molecular weight excluding hydrogens is 330 g/mol. The third-order valence-corrected chi connectivity index (χ3v) is 4.14. The maximum Gasteiger partial charge on any atom is 0.238 e. The number of benzene rings is 1. The molecule has 1 aromatic heterocycles. The highest BCUT2D eigenvalue weighted by Crippen LogP contribution is 2.23. The number of hydrogen-bond acceptors (Lipinski definition) is 4. The molecule has 0 aliphatic heterocycles. The summed E-state index contributed by atoms with van der Waals surface area (Å²) in [6.07, 6.45) is 1.39. The van der Waals surface area contributed by atoms with Crippen LogP contribution in [0.1, 0.15) is 5.56 Å². The van der Waals surface area contributed by atoms with Crippen molar-refractivity contribution in [2.24, 2.45) is 0 Å². The van der Waals surface area contributed by atoms with Crippen LogP contribution >= 0.6 is 15.9 Å². The van der Waals surface area contributed by atoms with E-state index in [1.165, 1.54) is 6.20 Å². The van der Waals surface area contributed by atoms with Gasteiger partial charge >= 0.3 is 0 Å². The largest absolute Gasteiger partial charge is 0.397 e. The number of pyridine rings is 1. The molecule has 0 fully saturated rings. The normalized spacial score (nSPS) is 11.2. The van der Waals surface area contributed by atoms with Gasteiger partial charge in [-0.15, -0.1) is 0 Å². The van der Waals surface area contributed by atoms with Crippen LogP contribution in [0.4, 0.5) is 11.5 Å². The average Bonchev–Trinajstić information content (AvgIpc) is 2.33. The molecule has 3 N–H and O–H groups in total. The lowest BCUT2D eigenvalue weighted by Crippen LogP contribution is -2.16. The number of aromatic nitrogens is 1. The molecule has 0 amide bonds. The molecule has 1 aromatic carbocycles. The van der Waals surface area contributed by atoms with Crippen LogP contribution in [0.15, 0.2) is 47.1 Å². The monoisotopic (exact) mass is 341 g/mol. The van der Waals surface area contributed by atoms with Crippen molar-refractivity contribution in [1.82, 2.24) is 4.98 Å². The minimum Gasteiger partial charge on any atom is -0.397 e. The molecule has 5 nitrogen and oxygen atoms in total. The second kappa shape index (κ2) is 5.58. The van der Waals surface area contributed by atoms with Gasteiger partial charge in [-0.2, -0.15) is 0 Å². The molecule has 0 bridgehead atoms. The Morgan fingerprint density at radius 2 is 1.95 bits per heavy atom. The summed E-state index contributed by atoms with van der Waals surface area (Å²) >= 11 is 3.22. The van der Waals surface area contributed by atoms with E-state index in [4.69, 9.17) is 5.73 Å². The summed E-state index contributed by atoms with van der Waals surface area (Å²) in [4.78, 5) is 3.94. The van der Waals surface area contributed by atoms with Gasteiger partial charge < -0.3 is 5.73 Å². The molecule has 7 heteroatoms. The SMILES string of the molecule is Nc1cnc(NS(=O)(=O)Cc2ccccc2)c(Br)c1. The zero-order valence-corrected chi connectivity index (χ0v) is 12.3. The van der Waals surface area contributed by atoms with E-state index in [1.54, 1.807) is 30.3 Å². The van der Waals surface area contributed by atoms with E-state index in [1.807, 2.05) is 6.07 Å². The minimum absolute atomic E-state index is 0.105. The Morgan fingerprint density at radius 1 is 1.26 bits per heavy atom. The number of nitrogens with two attached hydrogens (primary N) is 1. The Hall–Kier alpha value is -1.60. The van der Waals surface area contributed by atoms with Crippen LogP contribution in [0.5, 0.6) is 0 Å². The summed E-state index contributed by atoms with van der Waals surface area (Å²) in [5.41, 5.74) is 6.71. The minimum atomic E-state index is -3.51. The Balaban J connectivity index is 2.17. The number of sulfonamides is 1. The summed E-state index contributed by atoms with van der Waals surface area (Å²) in [7, 11) is -3.51. The molecule has 1 heterocycles. The van der Waals surface area contributed by atoms with Gasteiger partial charge in [0.05, 0.1) is 22.1 Å². The third kappa shape index (κ3) is 3.93.